The molecule has 30 heavy (non-hydrogen) atoms. The first-order valence-electron chi connectivity index (χ1n) is 8.86. The second-order valence-corrected chi connectivity index (χ2v) is 6.69. The molecule has 7 nitrogen and oxygen atoms in total. The van der Waals surface area contributed by atoms with Crippen LogP contribution in [0, 0.1) is 27.7 Å². The van der Waals surface area contributed by atoms with Crippen LogP contribution in [0.15, 0.2) is 18.2 Å². The number of carboxylic acid groups (broad SMARTS) is 1. The number of carboxylic acids is 1. The third kappa shape index (κ3) is 4.76. The third-order valence-corrected chi connectivity index (χ3v) is 4.68. The number of pyridine rings is 1. The maximum atomic E-state index is 10.6. The van der Waals surface area contributed by atoms with E-state index in [0.717, 1.165) is 11.1 Å². The van der Waals surface area contributed by atoms with Gasteiger partial charge in [0.1, 0.15) is 5.82 Å². The molecular weight excluding hydrogens is 399 g/mol. The molecule has 4 N–H and O–H groups in total. The predicted molar refractivity (Wildman–Crippen MR) is 109 cm³/mol. The number of nitrogens with two attached hydrogens (primary N) is 1. The normalized spacial score (nSPS) is 11.1. The Morgan fingerprint density at radius 3 is 2.03 bits per heavy atom. The number of hydrogen-bond donors (Lipinski definition) is 3. The van der Waals surface area contributed by atoms with Crippen molar-refractivity contribution in [3.8, 4) is 11.3 Å². The monoisotopic (exact) mass is 421 g/mol. The molecular formula is C20H22F3N5O2. The number of nitrogens with one attached hydrogen (secondary N) is 1. The molecule has 0 radical (unpaired) electrons. The van der Waals surface area contributed by atoms with Crippen molar-refractivity contribution in [3.05, 3.63) is 40.5 Å². The maximum absolute atomic E-state index is 10.6. The summed E-state index contributed by atoms with van der Waals surface area (Å²) in [5, 5.41) is 11.0. The van der Waals surface area contributed by atoms with Crippen LogP contribution in [0.4, 0.5) is 24.9 Å². The Morgan fingerprint density at radius 1 is 1.03 bits per heavy atom. The summed E-state index contributed by atoms with van der Waals surface area (Å²) in [4.78, 5) is 22.1. The van der Waals surface area contributed by atoms with Gasteiger partial charge < -0.3 is 16.2 Å². The van der Waals surface area contributed by atoms with Crippen LogP contribution in [0.5, 0.6) is 0 Å². The first-order valence-corrected chi connectivity index (χ1v) is 8.86. The van der Waals surface area contributed by atoms with E-state index >= 15 is 0 Å². The molecule has 2 heterocycles. The Bertz CT molecular complexity index is 1090. The van der Waals surface area contributed by atoms with Gasteiger partial charge in [0.2, 0.25) is 5.95 Å². The fourth-order valence-corrected chi connectivity index (χ4v) is 2.96. The summed E-state index contributed by atoms with van der Waals surface area (Å²) >= 11 is 0. The summed E-state index contributed by atoms with van der Waals surface area (Å²) in [7, 11) is 1.81. The van der Waals surface area contributed by atoms with E-state index < -0.39 is 12.1 Å². The molecule has 1 aromatic carbocycles. The molecule has 0 aliphatic rings. The van der Waals surface area contributed by atoms with Crippen molar-refractivity contribution in [3.63, 3.8) is 0 Å². The van der Waals surface area contributed by atoms with Gasteiger partial charge >= 0.3 is 12.1 Å². The van der Waals surface area contributed by atoms with E-state index in [2.05, 4.69) is 49.0 Å². The number of aryl methyl sites for hydroxylation is 2. The minimum atomic E-state index is -5.08. The van der Waals surface area contributed by atoms with Crippen LogP contribution in [0.2, 0.25) is 0 Å². The highest BCUT2D eigenvalue weighted by Crippen LogP contribution is 2.32. The lowest BCUT2D eigenvalue weighted by Gasteiger charge is -2.15. The van der Waals surface area contributed by atoms with Gasteiger partial charge in [-0.15, -0.1) is 0 Å². The number of rotatable bonds is 2. The number of benzene rings is 1. The highest BCUT2D eigenvalue weighted by Gasteiger charge is 2.38. The van der Waals surface area contributed by atoms with E-state index in [4.69, 9.17) is 20.6 Å². The minimum Gasteiger partial charge on any atom is -0.475 e. The van der Waals surface area contributed by atoms with E-state index in [1.54, 1.807) is 0 Å². The van der Waals surface area contributed by atoms with E-state index in [1.807, 2.05) is 19.2 Å². The number of anilines is 2. The second-order valence-electron chi connectivity index (χ2n) is 6.69. The summed E-state index contributed by atoms with van der Waals surface area (Å²) in [5.74, 6) is -1.84. The molecule has 160 valence electrons. The summed E-state index contributed by atoms with van der Waals surface area (Å²) in [6, 6.07) is 6.24. The zero-order valence-corrected chi connectivity index (χ0v) is 17.1. The molecule has 0 bridgehead atoms. The summed E-state index contributed by atoms with van der Waals surface area (Å²) in [6.07, 6.45) is -5.08. The van der Waals surface area contributed by atoms with Crippen LogP contribution < -0.4 is 11.1 Å². The molecule has 0 saturated carbocycles. The lowest BCUT2D eigenvalue weighted by Crippen LogP contribution is -2.21. The number of nitrogens with zero attached hydrogens (tertiary/aromatic N) is 3. The Kier molecular flexibility index (Phi) is 6.49. The van der Waals surface area contributed by atoms with Crippen molar-refractivity contribution < 1.29 is 23.1 Å². The molecule has 0 saturated heterocycles. The number of alkyl halides is 3. The molecule has 3 rings (SSSR count). The van der Waals surface area contributed by atoms with Gasteiger partial charge in [0.05, 0.1) is 11.1 Å². The number of carbonyl (C=O) groups is 1. The van der Waals surface area contributed by atoms with Crippen LogP contribution in [-0.4, -0.2) is 39.3 Å². The number of fused-ring (bicyclic) bond motifs is 1. The Labute approximate surface area is 171 Å². The zero-order chi connectivity index (χ0) is 22.8. The van der Waals surface area contributed by atoms with Crippen LogP contribution in [0.25, 0.3) is 22.3 Å². The highest BCUT2D eigenvalue weighted by atomic mass is 19.4. The van der Waals surface area contributed by atoms with Gasteiger partial charge in [-0.2, -0.15) is 23.1 Å². The first-order chi connectivity index (χ1) is 13.9. The quantitative estimate of drug-likeness (QED) is 0.569. The first kappa shape index (κ1) is 22.9. The van der Waals surface area contributed by atoms with Crippen LogP contribution in [-0.2, 0) is 4.79 Å². The van der Waals surface area contributed by atoms with Crippen LogP contribution in [0.3, 0.4) is 0 Å². The minimum absolute atomic E-state index is 0.223. The largest absolute Gasteiger partial charge is 0.490 e. The lowest BCUT2D eigenvalue weighted by molar-refractivity contribution is -0.192. The predicted octanol–water partition coefficient (Wildman–Crippen LogP) is 4.18. The van der Waals surface area contributed by atoms with E-state index in [9.17, 15) is 13.2 Å². The average molecular weight is 421 g/mol. The fraction of sp³-hybridized carbons (Fsp3) is 0.300. The lowest BCUT2D eigenvalue weighted by atomic mass is 9.92. The highest BCUT2D eigenvalue weighted by molar-refractivity contribution is 5.89. The van der Waals surface area contributed by atoms with Crippen LogP contribution in [0.1, 0.15) is 22.3 Å². The third-order valence-electron chi connectivity index (χ3n) is 4.68. The van der Waals surface area contributed by atoms with Crippen molar-refractivity contribution in [2.24, 2.45) is 0 Å². The summed E-state index contributed by atoms with van der Waals surface area (Å²) < 4.78 is 31.7. The molecule has 0 atom stereocenters. The Hall–Kier alpha value is -3.43. The van der Waals surface area contributed by atoms with Gasteiger partial charge in [-0.1, -0.05) is 6.07 Å². The van der Waals surface area contributed by atoms with Gasteiger partial charge in [0.25, 0.3) is 0 Å². The molecule has 0 fully saturated rings. The molecule has 10 heteroatoms. The molecule has 0 spiro atoms. The Balaban J connectivity index is 0.000000396. The van der Waals surface area contributed by atoms with Gasteiger partial charge in [0, 0.05) is 12.6 Å². The van der Waals surface area contributed by atoms with E-state index in [0.29, 0.717) is 11.5 Å². The number of aromatic nitrogens is 3. The number of hydrogen-bond acceptors (Lipinski definition) is 6. The Morgan fingerprint density at radius 2 is 1.57 bits per heavy atom. The van der Waals surface area contributed by atoms with Crippen molar-refractivity contribution in [1.29, 1.82) is 0 Å². The molecule has 0 aliphatic heterocycles. The molecule has 0 unspecified atom stereocenters. The second kappa shape index (κ2) is 8.52. The standard InChI is InChI=1S/C18H21N5.C2HF3O2/c1-9-8-10(2)12(4)15(11(9)3)14-7-6-13-16(20-5)22-18(19)23-17(13)21-14;3-2(4,5)1(6)7/h6-8H,1-5H3,(H3,19,20,21,22,23);(H,6,7). The fourth-order valence-electron chi connectivity index (χ4n) is 2.96. The van der Waals surface area contributed by atoms with Crippen molar-refractivity contribution in [2.45, 2.75) is 33.9 Å². The van der Waals surface area contributed by atoms with Crippen molar-refractivity contribution in [1.82, 2.24) is 15.0 Å². The SMILES string of the molecule is CNc1nc(N)nc2nc(-c3c(C)c(C)cc(C)c3C)ccc12.O=C(O)C(F)(F)F. The number of nitrogen functional groups attached to an aromatic ring is 1. The summed E-state index contributed by atoms with van der Waals surface area (Å²) in [6.45, 7) is 8.53. The van der Waals surface area contributed by atoms with Crippen LogP contribution >= 0.6 is 0 Å². The van der Waals surface area contributed by atoms with Gasteiger partial charge in [-0.3, -0.25) is 0 Å². The molecule has 2 aromatic heterocycles. The van der Waals surface area contributed by atoms with Gasteiger partial charge in [-0.25, -0.2) is 9.78 Å². The van der Waals surface area contributed by atoms with Gasteiger partial charge in [0.15, 0.2) is 5.65 Å². The van der Waals surface area contributed by atoms with Crippen molar-refractivity contribution >= 4 is 28.8 Å². The van der Waals surface area contributed by atoms with E-state index in [1.165, 1.54) is 27.8 Å². The smallest absolute Gasteiger partial charge is 0.475 e. The van der Waals surface area contributed by atoms with Gasteiger partial charge in [-0.05, 0) is 62.1 Å². The van der Waals surface area contributed by atoms with Crippen molar-refractivity contribution in [2.75, 3.05) is 18.1 Å². The number of aliphatic carboxylic acids is 1. The topological polar surface area (TPSA) is 114 Å². The summed E-state index contributed by atoms with van der Waals surface area (Å²) in [5.41, 5.74) is 13.5. The average Bonchev–Trinajstić information content (AvgIpc) is 2.65. The number of halogens is 3. The maximum Gasteiger partial charge on any atom is 0.490 e. The molecule has 3 aromatic rings. The van der Waals surface area contributed by atoms with E-state index in [-0.39, 0.29) is 5.95 Å². The molecule has 0 aliphatic carbocycles. The zero-order valence-electron chi connectivity index (χ0n) is 17.1. The molecule has 0 amide bonds.